The molecule has 0 aliphatic carbocycles. The van der Waals surface area contributed by atoms with Gasteiger partial charge >= 0.3 is 0 Å². The number of rotatable bonds is 6. The van der Waals surface area contributed by atoms with Crippen LogP contribution in [0.15, 0.2) is 12.1 Å². The van der Waals surface area contributed by atoms with Crippen LogP contribution in [0.1, 0.15) is 29.6 Å². The molecule has 30 heavy (non-hydrogen) atoms. The average molecular weight is 441 g/mol. The Labute approximate surface area is 181 Å². The van der Waals surface area contributed by atoms with E-state index in [-0.39, 0.29) is 18.1 Å². The van der Waals surface area contributed by atoms with Gasteiger partial charge in [0.05, 0.1) is 38.1 Å². The smallest absolute Gasteiger partial charge is 0.255 e. The number of hydrogen-bond acceptors (Lipinski definition) is 7. The molecular weight excluding hydrogens is 412 g/mol. The Bertz CT molecular complexity index is 742. The van der Waals surface area contributed by atoms with Crippen molar-refractivity contribution in [1.29, 1.82) is 0 Å². The number of fused-ring (bicyclic) bond motifs is 1. The van der Waals surface area contributed by atoms with E-state index in [9.17, 15) is 9.90 Å². The molecule has 1 aromatic rings. The van der Waals surface area contributed by atoms with E-state index in [1.54, 1.807) is 12.1 Å². The third kappa shape index (κ3) is 5.36. The number of carbonyl (C=O) groups is 1. The Morgan fingerprint density at radius 1 is 1.20 bits per heavy atom. The van der Waals surface area contributed by atoms with E-state index in [1.165, 1.54) is 0 Å². The zero-order chi connectivity index (χ0) is 20.9. The standard InChI is InChI=1S/C21H29ClN2O6/c22-15-10-16(20-18(11-15)27-6-1-7-30-20)21(26)23-12-14-2-4-24(13-17(14)25)5-3-19-28-8-9-29-19/h10-11,14,17,19,25H,1-9,12-13H2,(H,23,26). The van der Waals surface area contributed by atoms with Crippen molar-refractivity contribution in [2.24, 2.45) is 5.92 Å². The lowest BCUT2D eigenvalue weighted by atomic mass is 9.93. The molecule has 166 valence electrons. The summed E-state index contributed by atoms with van der Waals surface area (Å²) in [5.74, 6) is 0.651. The minimum absolute atomic E-state index is 0.000799. The highest BCUT2D eigenvalue weighted by molar-refractivity contribution is 6.31. The second kappa shape index (κ2) is 10.2. The number of piperidine rings is 1. The van der Waals surface area contributed by atoms with E-state index >= 15 is 0 Å². The van der Waals surface area contributed by atoms with Crippen molar-refractivity contribution in [3.63, 3.8) is 0 Å². The van der Waals surface area contributed by atoms with Gasteiger partial charge in [-0.3, -0.25) is 4.79 Å². The molecule has 4 rings (SSSR count). The van der Waals surface area contributed by atoms with Gasteiger partial charge in [-0.25, -0.2) is 0 Å². The fraction of sp³-hybridized carbons (Fsp3) is 0.667. The van der Waals surface area contributed by atoms with Crippen molar-refractivity contribution < 1.29 is 28.8 Å². The number of β-amino-alcohol motifs (C(OH)–C–C–N with tert-alkyl or cyclic N) is 1. The number of aliphatic hydroxyl groups is 1. The first-order chi connectivity index (χ1) is 14.6. The molecule has 9 heteroatoms. The molecule has 2 N–H and O–H groups in total. The summed E-state index contributed by atoms with van der Waals surface area (Å²) in [7, 11) is 0. The van der Waals surface area contributed by atoms with Crippen molar-refractivity contribution in [3.8, 4) is 11.5 Å². The lowest BCUT2D eigenvalue weighted by molar-refractivity contribution is -0.0576. The molecule has 3 aliphatic heterocycles. The number of benzene rings is 1. The third-order valence-electron chi connectivity index (χ3n) is 5.76. The second-order valence-electron chi connectivity index (χ2n) is 7.92. The summed E-state index contributed by atoms with van der Waals surface area (Å²) in [6.45, 7) is 4.99. The van der Waals surface area contributed by atoms with Gasteiger partial charge < -0.3 is 34.3 Å². The van der Waals surface area contributed by atoms with Gasteiger partial charge in [0, 0.05) is 49.5 Å². The summed E-state index contributed by atoms with van der Waals surface area (Å²) in [6, 6.07) is 3.26. The van der Waals surface area contributed by atoms with E-state index in [0.717, 1.165) is 32.4 Å². The second-order valence-corrected chi connectivity index (χ2v) is 8.35. The molecular formula is C21H29ClN2O6. The number of halogens is 1. The summed E-state index contributed by atoms with van der Waals surface area (Å²) >= 11 is 6.17. The predicted molar refractivity (Wildman–Crippen MR) is 110 cm³/mol. The van der Waals surface area contributed by atoms with Crippen molar-refractivity contribution in [3.05, 3.63) is 22.7 Å². The zero-order valence-electron chi connectivity index (χ0n) is 17.0. The van der Waals surface area contributed by atoms with Gasteiger partial charge in [0.2, 0.25) is 0 Å². The molecule has 0 saturated carbocycles. The van der Waals surface area contributed by atoms with Gasteiger partial charge in [0.15, 0.2) is 17.8 Å². The van der Waals surface area contributed by atoms with Gasteiger partial charge in [-0.15, -0.1) is 0 Å². The minimum atomic E-state index is -0.500. The molecule has 2 saturated heterocycles. The zero-order valence-corrected chi connectivity index (χ0v) is 17.7. The monoisotopic (exact) mass is 440 g/mol. The van der Waals surface area contributed by atoms with Crippen LogP contribution in [0.25, 0.3) is 0 Å². The van der Waals surface area contributed by atoms with E-state index in [1.807, 2.05) is 0 Å². The molecule has 2 fully saturated rings. The van der Waals surface area contributed by atoms with E-state index in [2.05, 4.69) is 10.2 Å². The van der Waals surface area contributed by atoms with Crippen molar-refractivity contribution >= 4 is 17.5 Å². The lowest BCUT2D eigenvalue weighted by Crippen LogP contribution is -2.48. The number of aliphatic hydroxyl groups excluding tert-OH is 1. The van der Waals surface area contributed by atoms with Gasteiger partial charge in [-0.2, -0.15) is 0 Å². The molecule has 3 aliphatic rings. The topological polar surface area (TPSA) is 89.5 Å². The summed E-state index contributed by atoms with van der Waals surface area (Å²) < 4.78 is 22.3. The van der Waals surface area contributed by atoms with E-state index in [0.29, 0.717) is 61.6 Å². The Hall–Kier alpha value is -1.58. The van der Waals surface area contributed by atoms with Gasteiger partial charge in [0.1, 0.15) is 0 Å². The maximum atomic E-state index is 12.8. The summed E-state index contributed by atoms with van der Waals surface area (Å²) in [5, 5.41) is 13.9. The Balaban J connectivity index is 1.29. The molecule has 3 heterocycles. The van der Waals surface area contributed by atoms with Crippen LogP contribution in [-0.2, 0) is 9.47 Å². The highest BCUT2D eigenvalue weighted by Crippen LogP contribution is 2.36. The fourth-order valence-electron chi connectivity index (χ4n) is 4.08. The van der Waals surface area contributed by atoms with E-state index < -0.39 is 6.10 Å². The molecule has 0 aromatic heterocycles. The van der Waals surface area contributed by atoms with Crippen LogP contribution in [0.2, 0.25) is 5.02 Å². The van der Waals surface area contributed by atoms with Crippen LogP contribution in [0.5, 0.6) is 11.5 Å². The number of nitrogens with zero attached hydrogens (tertiary/aromatic N) is 1. The molecule has 1 aromatic carbocycles. The highest BCUT2D eigenvalue weighted by atomic mass is 35.5. The first-order valence-corrected chi connectivity index (χ1v) is 11.0. The molecule has 8 nitrogen and oxygen atoms in total. The Kier molecular flexibility index (Phi) is 7.32. The third-order valence-corrected chi connectivity index (χ3v) is 5.98. The fourth-order valence-corrected chi connectivity index (χ4v) is 4.28. The minimum Gasteiger partial charge on any atom is -0.489 e. The van der Waals surface area contributed by atoms with Crippen LogP contribution in [0.3, 0.4) is 0 Å². The van der Waals surface area contributed by atoms with Crippen molar-refractivity contribution in [2.45, 2.75) is 31.7 Å². The molecule has 2 unspecified atom stereocenters. The number of amides is 1. The normalized spacial score (nSPS) is 25.1. The summed E-state index contributed by atoms with van der Waals surface area (Å²) in [5.41, 5.74) is 0.364. The Morgan fingerprint density at radius 3 is 2.80 bits per heavy atom. The lowest BCUT2D eigenvalue weighted by Gasteiger charge is -2.36. The van der Waals surface area contributed by atoms with Gasteiger partial charge in [0.25, 0.3) is 5.91 Å². The molecule has 0 radical (unpaired) electrons. The summed E-state index contributed by atoms with van der Waals surface area (Å²) in [6.07, 6.45) is 1.73. The van der Waals surface area contributed by atoms with Crippen molar-refractivity contribution in [2.75, 3.05) is 52.6 Å². The van der Waals surface area contributed by atoms with Crippen LogP contribution in [0, 0.1) is 5.92 Å². The number of nitrogens with one attached hydrogen (secondary N) is 1. The molecule has 0 bridgehead atoms. The highest BCUT2D eigenvalue weighted by Gasteiger charge is 2.29. The van der Waals surface area contributed by atoms with Crippen LogP contribution in [-0.4, -0.2) is 80.9 Å². The summed E-state index contributed by atoms with van der Waals surface area (Å²) in [4.78, 5) is 15.0. The quantitative estimate of drug-likeness (QED) is 0.695. The Morgan fingerprint density at radius 2 is 2.00 bits per heavy atom. The van der Waals surface area contributed by atoms with Gasteiger partial charge in [-0.1, -0.05) is 11.6 Å². The first kappa shape index (κ1) is 21.6. The molecule has 2 atom stereocenters. The van der Waals surface area contributed by atoms with Crippen LogP contribution in [0.4, 0.5) is 0 Å². The maximum Gasteiger partial charge on any atom is 0.255 e. The number of hydrogen-bond donors (Lipinski definition) is 2. The van der Waals surface area contributed by atoms with Gasteiger partial charge in [-0.05, 0) is 19.0 Å². The predicted octanol–water partition coefficient (Wildman–Crippen LogP) is 1.68. The maximum absolute atomic E-state index is 12.8. The van der Waals surface area contributed by atoms with Crippen molar-refractivity contribution in [1.82, 2.24) is 10.2 Å². The first-order valence-electron chi connectivity index (χ1n) is 10.6. The van der Waals surface area contributed by atoms with Crippen LogP contribution >= 0.6 is 11.6 Å². The largest absolute Gasteiger partial charge is 0.489 e. The van der Waals surface area contributed by atoms with Crippen LogP contribution < -0.4 is 14.8 Å². The average Bonchev–Trinajstić information content (AvgIpc) is 3.15. The number of likely N-dealkylation sites (tertiary alicyclic amines) is 1. The SMILES string of the molecule is O=C(NCC1CCN(CCC2OCCO2)CC1O)c1cc(Cl)cc2c1OCCCO2. The number of carbonyl (C=O) groups excluding carboxylic acids is 1. The molecule has 0 spiro atoms. The van der Waals surface area contributed by atoms with E-state index in [4.69, 9.17) is 30.5 Å². The molecule has 1 amide bonds. The number of ether oxygens (including phenoxy) is 4.